The van der Waals surface area contributed by atoms with E-state index in [2.05, 4.69) is 5.32 Å². The molecule has 1 heterocycles. The number of nitrogens with two attached hydrogens (primary N) is 1. The number of carbonyl (C=O) groups excluding carboxylic acids is 1. The molecule has 1 amide bonds. The summed E-state index contributed by atoms with van der Waals surface area (Å²) in [6, 6.07) is 2.97. The van der Waals surface area contributed by atoms with Crippen molar-refractivity contribution in [3.63, 3.8) is 0 Å². The standard InChI is InChI=1S/C11H16N2O3S/c1-7(9-3-2-6-17-9)13-11(16)8(12)4-5-10(14)15/h2-3,6-8H,4-5,12H2,1H3,(H,13,16)(H,14,15)/t7-,8?/m0/s1. The molecule has 1 rings (SSSR count). The number of hydrogen-bond acceptors (Lipinski definition) is 4. The summed E-state index contributed by atoms with van der Waals surface area (Å²) < 4.78 is 0. The second kappa shape index (κ2) is 6.36. The number of carboxylic acids is 1. The van der Waals surface area contributed by atoms with Gasteiger partial charge in [-0.15, -0.1) is 11.3 Å². The van der Waals surface area contributed by atoms with Crippen molar-refractivity contribution in [2.75, 3.05) is 0 Å². The first kappa shape index (κ1) is 13.7. The molecule has 6 heteroatoms. The summed E-state index contributed by atoms with van der Waals surface area (Å²) in [6.45, 7) is 1.87. The molecule has 0 aliphatic carbocycles. The normalized spacial score (nSPS) is 14.0. The Morgan fingerprint density at radius 3 is 2.82 bits per heavy atom. The van der Waals surface area contributed by atoms with Gasteiger partial charge in [-0.05, 0) is 24.8 Å². The summed E-state index contributed by atoms with van der Waals surface area (Å²) in [5.41, 5.74) is 5.60. The van der Waals surface area contributed by atoms with Crippen LogP contribution in [0.3, 0.4) is 0 Å². The predicted molar refractivity (Wildman–Crippen MR) is 65.7 cm³/mol. The van der Waals surface area contributed by atoms with Crippen molar-refractivity contribution in [3.05, 3.63) is 22.4 Å². The van der Waals surface area contributed by atoms with Crippen LogP contribution in [0.4, 0.5) is 0 Å². The van der Waals surface area contributed by atoms with Gasteiger partial charge in [0.05, 0.1) is 12.1 Å². The smallest absolute Gasteiger partial charge is 0.303 e. The minimum Gasteiger partial charge on any atom is -0.481 e. The number of amides is 1. The van der Waals surface area contributed by atoms with E-state index in [9.17, 15) is 9.59 Å². The van der Waals surface area contributed by atoms with E-state index in [0.29, 0.717) is 0 Å². The Morgan fingerprint density at radius 1 is 1.59 bits per heavy atom. The fraction of sp³-hybridized carbons (Fsp3) is 0.455. The molecule has 1 unspecified atom stereocenters. The first-order valence-corrected chi connectivity index (χ1v) is 6.20. The Labute approximate surface area is 104 Å². The Hall–Kier alpha value is -1.40. The van der Waals surface area contributed by atoms with E-state index >= 15 is 0 Å². The highest BCUT2D eigenvalue weighted by Gasteiger charge is 2.17. The van der Waals surface area contributed by atoms with E-state index < -0.39 is 12.0 Å². The van der Waals surface area contributed by atoms with Crippen LogP contribution in [0.5, 0.6) is 0 Å². The number of thiophene rings is 1. The van der Waals surface area contributed by atoms with Gasteiger partial charge in [-0.25, -0.2) is 0 Å². The zero-order chi connectivity index (χ0) is 12.8. The molecular weight excluding hydrogens is 240 g/mol. The average Bonchev–Trinajstić information content (AvgIpc) is 2.78. The second-order valence-corrected chi connectivity index (χ2v) is 4.76. The van der Waals surface area contributed by atoms with E-state index in [-0.39, 0.29) is 24.8 Å². The maximum absolute atomic E-state index is 11.6. The molecule has 0 fully saturated rings. The third-order valence-corrected chi connectivity index (χ3v) is 3.39. The fourth-order valence-corrected chi connectivity index (χ4v) is 2.07. The van der Waals surface area contributed by atoms with E-state index in [0.717, 1.165) is 4.88 Å². The van der Waals surface area contributed by atoms with Crippen molar-refractivity contribution in [1.82, 2.24) is 5.32 Å². The molecule has 0 radical (unpaired) electrons. The summed E-state index contributed by atoms with van der Waals surface area (Å²) in [4.78, 5) is 23.0. The number of carbonyl (C=O) groups is 2. The lowest BCUT2D eigenvalue weighted by Crippen LogP contribution is -2.41. The van der Waals surface area contributed by atoms with Crippen LogP contribution in [-0.4, -0.2) is 23.0 Å². The molecule has 0 aromatic carbocycles. The third-order valence-electron chi connectivity index (χ3n) is 2.33. The van der Waals surface area contributed by atoms with E-state index in [1.807, 2.05) is 24.4 Å². The molecule has 5 nitrogen and oxygen atoms in total. The summed E-state index contributed by atoms with van der Waals surface area (Å²) in [7, 11) is 0. The number of carboxylic acid groups (broad SMARTS) is 1. The minimum atomic E-state index is -0.945. The van der Waals surface area contributed by atoms with Crippen LogP contribution in [0.2, 0.25) is 0 Å². The van der Waals surface area contributed by atoms with Crippen molar-refractivity contribution in [2.45, 2.75) is 31.8 Å². The minimum absolute atomic E-state index is 0.0953. The van der Waals surface area contributed by atoms with E-state index in [1.165, 1.54) is 0 Å². The predicted octanol–water partition coefficient (Wildman–Crippen LogP) is 1.12. The van der Waals surface area contributed by atoms with Gasteiger partial charge in [-0.1, -0.05) is 6.07 Å². The van der Waals surface area contributed by atoms with Crippen molar-refractivity contribution in [1.29, 1.82) is 0 Å². The quantitative estimate of drug-likeness (QED) is 0.711. The zero-order valence-electron chi connectivity index (χ0n) is 9.55. The van der Waals surface area contributed by atoms with E-state index in [1.54, 1.807) is 11.3 Å². The zero-order valence-corrected chi connectivity index (χ0v) is 10.4. The number of hydrogen-bond donors (Lipinski definition) is 3. The highest BCUT2D eigenvalue weighted by molar-refractivity contribution is 7.10. The molecule has 94 valence electrons. The molecule has 0 aliphatic heterocycles. The number of aliphatic carboxylic acids is 1. The summed E-state index contributed by atoms with van der Waals surface area (Å²) in [5.74, 6) is -1.26. The molecule has 4 N–H and O–H groups in total. The Bertz CT molecular complexity index is 378. The Morgan fingerprint density at radius 2 is 2.29 bits per heavy atom. The topological polar surface area (TPSA) is 92.4 Å². The van der Waals surface area contributed by atoms with Crippen LogP contribution in [0.25, 0.3) is 0 Å². The maximum atomic E-state index is 11.6. The van der Waals surface area contributed by atoms with Crippen LogP contribution in [0.1, 0.15) is 30.7 Å². The number of nitrogens with one attached hydrogen (secondary N) is 1. The van der Waals surface area contributed by atoms with Crippen LogP contribution in [-0.2, 0) is 9.59 Å². The van der Waals surface area contributed by atoms with Gasteiger partial charge in [0.15, 0.2) is 0 Å². The molecule has 17 heavy (non-hydrogen) atoms. The average molecular weight is 256 g/mol. The second-order valence-electron chi connectivity index (χ2n) is 3.78. The van der Waals surface area contributed by atoms with Gasteiger partial charge < -0.3 is 16.2 Å². The molecule has 1 aromatic heterocycles. The first-order valence-electron chi connectivity index (χ1n) is 5.32. The molecule has 0 bridgehead atoms. The summed E-state index contributed by atoms with van der Waals surface area (Å²) in [5, 5.41) is 13.2. The van der Waals surface area contributed by atoms with E-state index in [4.69, 9.17) is 10.8 Å². The molecule has 0 spiro atoms. The van der Waals surface area contributed by atoms with Gasteiger partial charge in [0.25, 0.3) is 0 Å². The SMILES string of the molecule is C[C@H](NC(=O)C(N)CCC(=O)O)c1cccs1. The van der Waals surface area contributed by atoms with Gasteiger partial charge in [0.1, 0.15) is 0 Å². The fourth-order valence-electron chi connectivity index (χ4n) is 1.34. The van der Waals surface area contributed by atoms with Crippen molar-refractivity contribution in [2.24, 2.45) is 5.73 Å². The Balaban J connectivity index is 2.40. The molecule has 0 aliphatic rings. The summed E-state index contributed by atoms with van der Waals surface area (Å²) in [6.07, 6.45) is 0.0558. The monoisotopic (exact) mass is 256 g/mol. The molecular formula is C11H16N2O3S. The van der Waals surface area contributed by atoms with Gasteiger partial charge in [0.2, 0.25) is 5.91 Å². The molecule has 0 saturated heterocycles. The molecule has 2 atom stereocenters. The highest BCUT2D eigenvalue weighted by Crippen LogP contribution is 2.18. The van der Waals surface area contributed by atoms with Gasteiger partial charge >= 0.3 is 5.97 Å². The lowest BCUT2D eigenvalue weighted by Gasteiger charge is -2.16. The van der Waals surface area contributed by atoms with Gasteiger partial charge in [-0.3, -0.25) is 9.59 Å². The van der Waals surface area contributed by atoms with Gasteiger partial charge in [0, 0.05) is 11.3 Å². The first-order chi connectivity index (χ1) is 8.00. The number of rotatable bonds is 6. The van der Waals surface area contributed by atoms with Crippen LogP contribution in [0.15, 0.2) is 17.5 Å². The third kappa shape index (κ3) is 4.54. The largest absolute Gasteiger partial charge is 0.481 e. The van der Waals surface area contributed by atoms with Crippen LogP contribution in [0, 0.1) is 0 Å². The van der Waals surface area contributed by atoms with Crippen LogP contribution < -0.4 is 11.1 Å². The lowest BCUT2D eigenvalue weighted by atomic mass is 10.1. The Kier molecular flexibility index (Phi) is 5.11. The lowest BCUT2D eigenvalue weighted by molar-refractivity contribution is -0.137. The maximum Gasteiger partial charge on any atom is 0.303 e. The van der Waals surface area contributed by atoms with Crippen molar-refractivity contribution in [3.8, 4) is 0 Å². The van der Waals surface area contributed by atoms with Gasteiger partial charge in [-0.2, -0.15) is 0 Å². The molecule has 1 aromatic rings. The van der Waals surface area contributed by atoms with Crippen molar-refractivity contribution < 1.29 is 14.7 Å². The van der Waals surface area contributed by atoms with Crippen LogP contribution >= 0.6 is 11.3 Å². The molecule has 0 saturated carbocycles. The summed E-state index contributed by atoms with van der Waals surface area (Å²) >= 11 is 1.55. The van der Waals surface area contributed by atoms with Crippen molar-refractivity contribution >= 4 is 23.2 Å². The highest BCUT2D eigenvalue weighted by atomic mass is 32.1.